The average molecular weight is 239 g/mol. The van der Waals surface area contributed by atoms with Crippen molar-refractivity contribution in [2.45, 2.75) is 51.2 Å². The number of likely N-dealkylation sites (N-methyl/N-ethyl adjacent to an activating group) is 1. The Morgan fingerprint density at radius 3 is 2.76 bits per heavy atom. The van der Waals surface area contributed by atoms with Crippen molar-refractivity contribution in [3.63, 3.8) is 0 Å². The molecule has 0 aromatic rings. The smallest absolute Gasteiger partial charge is 0.224 e. The van der Waals surface area contributed by atoms with E-state index in [1.54, 1.807) is 0 Å². The van der Waals surface area contributed by atoms with Gasteiger partial charge in [-0.25, -0.2) is 0 Å². The van der Waals surface area contributed by atoms with Crippen LogP contribution in [-0.2, 0) is 4.79 Å². The van der Waals surface area contributed by atoms with E-state index in [4.69, 9.17) is 0 Å². The van der Waals surface area contributed by atoms with Gasteiger partial charge >= 0.3 is 0 Å². The minimum atomic E-state index is 0.220. The van der Waals surface area contributed by atoms with Crippen LogP contribution >= 0.6 is 0 Å². The van der Waals surface area contributed by atoms with Gasteiger partial charge in [0.05, 0.1) is 5.92 Å². The molecule has 0 aromatic heterocycles. The van der Waals surface area contributed by atoms with Gasteiger partial charge in [-0.1, -0.05) is 0 Å². The molecule has 2 aliphatic rings. The second-order valence-corrected chi connectivity index (χ2v) is 5.76. The van der Waals surface area contributed by atoms with E-state index in [-0.39, 0.29) is 11.8 Å². The zero-order valence-corrected chi connectivity index (χ0v) is 11.2. The van der Waals surface area contributed by atoms with Crippen LogP contribution in [0.3, 0.4) is 0 Å². The quantitative estimate of drug-likeness (QED) is 0.738. The lowest BCUT2D eigenvalue weighted by Gasteiger charge is -2.23. The lowest BCUT2D eigenvalue weighted by atomic mass is 9.88. The molecule has 98 valence electrons. The van der Waals surface area contributed by atoms with Crippen molar-refractivity contribution >= 4 is 5.91 Å². The van der Waals surface area contributed by atoms with Gasteiger partial charge in [-0.05, 0) is 40.2 Å². The number of carbonyl (C=O) groups is 1. The minimum Gasteiger partial charge on any atom is -0.355 e. The molecule has 2 fully saturated rings. The molecule has 4 heteroatoms. The van der Waals surface area contributed by atoms with Crippen molar-refractivity contribution in [1.29, 1.82) is 0 Å². The number of carbonyl (C=O) groups excluding carboxylic acids is 1. The second-order valence-electron chi connectivity index (χ2n) is 5.76. The van der Waals surface area contributed by atoms with Gasteiger partial charge in [-0.2, -0.15) is 0 Å². The van der Waals surface area contributed by atoms with Gasteiger partial charge in [0.2, 0.25) is 5.91 Å². The topological polar surface area (TPSA) is 44.4 Å². The van der Waals surface area contributed by atoms with Gasteiger partial charge in [0.1, 0.15) is 0 Å². The van der Waals surface area contributed by atoms with Crippen LogP contribution in [0.5, 0.6) is 0 Å². The Morgan fingerprint density at radius 1 is 1.47 bits per heavy atom. The van der Waals surface area contributed by atoms with Crippen molar-refractivity contribution in [2.75, 3.05) is 20.1 Å². The summed E-state index contributed by atoms with van der Waals surface area (Å²) in [5.74, 6) is 0.472. The molecule has 17 heavy (non-hydrogen) atoms. The molecule has 0 aliphatic carbocycles. The van der Waals surface area contributed by atoms with Crippen LogP contribution in [-0.4, -0.2) is 49.1 Å². The van der Waals surface area contributed by atoms with Crippen LogP contribution in [0.25, 0.3) is 0 Å². The molecule has 2 saturated heterocycles. The number of fused-ring (bicyclic) bond motifs is 2. The SMILES string of the molecule is CC(C)N(C)CCNC(=O)C1CC2CCC1N2. The minimum absolute atomic E-state index is 0.220. The van der Waals surface area contributed by atoms with E-state index in [2.05, 4.69) is 36.4 Å². The molecule has 0 saturated carbocycles. The molecule has 0 radical (unpaired) electrons. The highest BCUT2D eigenvalue weighted by molar-refractivity contribution is 5.80. The third kappa shape index (κ3) is 2.99. The van der Waals surface area contributed by atoms with E-state index in [9.17, 15) is 4.79 Å². The lowest BCUT2D eigenvalue weighted by molar-refractivity contribution is -0.125. The standard InChI is InChI=1S/C13H25N3O/c1-9(2)16(3)7-6-14-13(17)11-8-10-4-5-12(11)15-10/h9-12,15H,4-8H2,1-3H3,(H,14,17). The van der Waals surface area contributed by atoms with Gasteiger partial charge in [0, 0.05) is 31.2 Å². The molecule has 1 amide bonds. The van der Waals surface area contributed by atoms with Gasteiger partial charge < -0.3 is 15.5 Å². The predicted molar refractivity (Wildman–Crippen MR) is 68.8 cm³/mol. The Balaban J connectivity index is 1.68. The number of hydrogen-bond acceptors (Lipinski definition) is 3. The van der Waals surface area contributed by atoms with Crippen molar-refractivity contribution in [3.05, 3.63) is 0 Å². The molecule has 2 aliphatic heterocycles. The Kier molecular flexibility index (Phi) is 4.05. The molecule has 4 nitrogen and oxygen atoms in total. The average Bonchev–Trinajstić information content (AvgIpc) is 2.90. The van der Waals surface area contributed by atoms with Crippen LogP contribution in [0.4, 0.5) is 0 Å². The molecule has 2 bridgehead atoms. The van der Waals surface area contributed by atoms with Gasteiger partial charge in [0.15, 0.2) is 0 Å². The number of hydrogen-bond donors (Lipinski definition) is 2. The fourth-order valence-electron chi connectivity index (χ4n) is 2.86. The third-order valence-electron chi connectivity index (χ3n) is 4.28. The highest BCUT2D eigenvalue weighted by atomic mass is 16.1. The summed E-state index contributed by atoms with van der Waals surface area (Å²) in [6.07, 6.45) is 3.47. The number of amides is 1. The summed E-state index contributed by atoms with van der Waals surface area (Å²) in [4.78, 5) is 14.3. The van der Waals surface area contributed by atoms with E-state index in [1.807, 2.05) is 0 Å². The third-order valence-corrected chi connectivity index (χ3v) is 4.28. The molecule has 0 spiro atoms. The molecular weight excluding hydrogens is 214 g/mol. The van der Waals surface area contributed by atoms with Crippen LogP contribution in [0.1, 0.15) is 33.1 Å². The largest absolute Gasteiger partial charge is 0.355 e. The first kappa shape index (κ1) is 12.8. The van der Waals surface area contributed by atoms with Crippen LogP contribution in [0.2, 0.25) is 0 Å². The van der Waals surface area contributed by atoms with Crippen LogP contribution in [0.15, 0.2) is 0 Å². The Hall–Kier alpha value is -0.610. The lowest BCUT2D eigenvalue weighted by Crippen LogP contribution is -2.41. The zero-order valence-electron chi connectivity index (χ0n) is 11.2. The monoisotopic (exact) mass is 239 g/mol. The molecule has 2 rings (SSSR count). The predicted octanol–water partition coefficient (Wildman–Crippen LogP) is 0.583. The number of rotatable bonds is 5. The summed E-state index contributed by atoms with van der Waals surface area (Å²) < 4.78 is 0. The van der Waals surface area contributed by atoms with Crippen LogP contribution in [0, 0.1) is 5.92 Å². The van der Waals surface area contributed by atoms with E-state index in [0.29, 0.717) is 18.1 Å². The first-order valence-corrected chi connectivity index (χ1v) is 6.82. The molecule has 3 atom stereocenters. The van der Waals surface area contributed by atoms with Gasteiger partial charge in [-0.3, -0.25) is 4.79 Å². The maximum atomic E-state index is 12.0. The van der Waals surface area contributed by atoms with Crippen molar-refractivity contribution < 1.29 is 4.79 Å². The maximum absolute atomic E-state index is 12.0. The second kappa shape index (κ2) is 5.36. The first-order chi connectivity index (χ1) is 8.08. The Labute approximate surface area is 104 Å². The Morgan fingerprint density at radius 2 is 2.24 bits per heavy atom. The highest BCUT2D eigenvalue weighted by Gasteiger charge is 2.42. The molecule has 2 N–H and O–H groups in total. The summed E-state index contributed by atoms with van der Waals surface area (Å²) >= 11 is 0. The highest BCUT2D eigenvalue weighted by Crippen LogP contribution is 2.33. The fourth-order valence-corrected chi connectivity index (χ4v) is 2.86. The number of nitrogens with zero attached hydrogens (tertiary/aromatic N) is 1. The van der Waals surface area contributed by atoms with Crippen LogP contribution < -0.4 is 10.6 Å². The van der Waals surface area contributed by atoms with Crippen molar-refractivity contribution in [2.24, 2.45) is 5.92 Å². The van der Waals surface area contributed by atoms with Gasteiger partial charge in [0.25, 0.3) is 0 Å². The molecular formula is C13H25N3O. The van der Waals surface area contributed by atoms with E-state index < -0.39 is 0 Å². The van der Waals surface area contributed by atoms with E-state index in [0.717, 1.165) is 19.5 Å². The summed E-state index contributed by atoms with van der Waals surface area (Å²) in [5.41, 5.74) is 0. The summed E-state index contributed by atoms with van der Waals surface area (Å²) in [5, 5.41) is 6.58. The van der Waals surface area contributed by atoms with Gasteiger partial charge in [-0.15, -0.1) is 0 Å². The summed E-state index contributed by atoms with van der Waals surface area (Å²) in [6.45, 7) is 6.03. The fraction of sp³-hybridized carbons (Fsp3) is 0.923. The van der Waals surface area contributed by atoms with E-state index in [1.165, 1.54) is 12.8 Å². The maximum Gasteiger partial charge on any atom is 0.224 e. The van der Waals surface area contributed by atoms with E-state index >= 15 is 0 Å². The Bertz CT molecular complexity index is 280. The number of nitrogens with one attached hydrogen (secondary N) is 2. The zero-order chi connectivity index (χ0) is 12.4. The molecule has 0 aromatic carbocycles. The first-order valence-electron chi connectivity index (χ1n) is 6.82. The normalized spacial score (nSPS) is 31.5. The summed E-state index contributed by atoms with van der Waals surface area (Å²) in [6, 6.07) is 1.59. The van der Waals surface area contributed by atoms with Crippen molar-refractivity contribution in [1.82, 2.24) is 15.5 Å². The molecule has 2 heterocycles. The van der Waals surface area contributed by atoms with Crippen molar-refractivity contribution in [3.8, 4) is 0 Å². The summed E-state index contributed by atoms with van der Waals surface area (Å²) in [7, 11) is 2.09. The molecule has 3 unspecified atom stereocenters.